The maximum atomic E-state index is 13.3. The molecule has 0 radical (unpaired) electrons. The monoisotopic (exact) mass is 504 g/mol. The van der Waals surface area contributed by atoms with Crippen LogP contribution in [-0.4, -0.2) is 35.0 Å². The third-order valence-electron chi connectivity index (χ3n) is 6.22. The highest BCUT2D eigenvalue weighted by molar-refractivity contribution is 7.22. The van der Waals surface area contributed by atoms with E-state index in [0.717, 1.165) is 20.9 Å². The molecule has 7 nitrogen and oxygen atoms in total. The predicted molar refractivity (Wildman–Crippen MR) is 136 cm³/mol. The molecule has 2 aliphatic heterocycles. The third-order valence-corrected chi connectivity index (χ3v) is 8.16. The lowest BCUT2D eigenvalue weighted by Crippen LogP contribution is -2.28. The molecule has 2 aromatic heterocycles. The quantitative estimate of drug-likeness (QED) is 0.230. The highest BCUT2D eigenvalue weighted by Crippen LogP contribution is 2.46. The Bertz CT molecular complexity index is 1520. The molecule has 0 bridgehead atoms. The van der Waals surface area contributed by atoms with Gasteiger partial charge in [-0.15, -0.1) is 11.3 Å². The van der Waals surface area contributed by atoms with Crippen molar-refractivity contribution in [2.24, 2.45) is 0 Å². The first-order chi connectivity index (χ1) is 16.9. The maximum absolute atomic E-state index is 13.3. The van der Waals surface area contributed by atoms with Crippen LogP contribution in [0, 0.1) is 0 Å². The Morgan fingerprint density at radius 3 is 2.83 bits per heavy atom. The van der Waals surface area contributed by atoms with Crippen LogP contribution in [0.3, 0.4) is 0 Å². The van der Waals surface area contributed by atoms with Gasteiger partial charge in [0.05, 0.1) is 22.9 Å². The molecular formula is C26H20N2O5S2. The lowest BCUT2D eigenvalue weighted by Gasteiger charge is -2.21. The summed E-state index contributed by atoms with van der Waals surface area (Å²) >= 11 is 2.72. The fourth-order valence-corrected chi connectivity index (χ4v) is 6.44. The number of carbonyl (C=O) groups excluding carboxylic acids is 2. The standard InChI is InChI=1S/C26H20N2O5S2/c1-13-10-15-11-14(5-8-18(15)33-13)23(29)21-22(19-4-3-9-34-19)28(25(31)24(21)30)26-27-17-7-6-16(32-2)12-20(17)35-26/h3-9,11-13,22,29H,10H2,1-2H3/t13-,22+/m0/s1. The van der Waals surface area contributed by atoms with Gasteiger partial charge in [-0.3, -0.25) is 14.5 Å². The van der Waals surface area contributed by atoms with E-state index >= 15 is 0 Å². The molecule has 4 aromatic rings. The van der Waals surface area contributed by atoms with Gasteiger partial charge in [0, 0.05) is 16.9 Å². The molecule has 1 N–H and O–H groups in total. The minimum Gasteiger partial charge on any atom is -0.507 e. The van der Waals surface area contributed by atoms with Crippen molar-refractivity contribution in [3.8, 4) is 11.5 Å². The molecular weight excluding hydrogens is 484 g/mol. The minimum absolute atomic E-state index is 0.0526. The zero-order chi connectivity index (χ0) is 24.3. The number of hydrogen-bond donors (Lipinski definition) is 1. The number of ketones is 1. The number of carbonyl (C=O) groups is 2. The van der Waals surface area contributed by atoms with Crippen LogP contribution >= 0.6 is 22.7 Å². The Morgan fingerprint density at radius 1 is 1.20 bits per heavy atom. The van der Waals surface area contributed by atoms with E-state index < -0.39 is 17.7 Å². The van der Waals surface area contributed by atoms with E-state index in [-0.39, 0.29) is 17.4 Å². The Balaban J connectivity index is 1.50. The number of rotatable bonds is 4. The maximum Gasteiger partial charge on any atom is 0.301 e. The van der Waals surface area contributed by atoms with Crippen molar-refractivity contribution in [2.45, 2.75) is 25.5 Å². The van der Waals surface area contributed by atoms with Crippen molar-refractivity contribution < 1.29 is 24.2 Å². The summed E-state index contributed by atoms with van der Waals surface area (Å²) in [4.78, 5) is 33.5. The van der Waals surface area contributed by atoms with Gasteiger partial charge >= 0.3 is 5.91 Å². The van der Waals surface area contributed by atoms with Gasteiger partial charge in [0.15, 0.2) is 5.13 Å². The highest BCUT2D eigenvalue weighted by atomic mass is 32.1. The Morgan fingerprint density at radius 2 is 2.06 bits per heavy atom. The summed E-state index contributed by atoms with van der Waals surface area (Å²) in [6.45, 7) is 1.98. The highest BCUT2D eigenvalue weighted by Gasteiger charge is 2.48. The smallest absolute Gasteiger partial charge is 0.301 e. The zero-order valence-corrected chi connectivity index (χ0v) is 20.5. The molecule has 0 spiro atoms. The average molecular weight is 505 g/mol. The van der Waals surface area contributed by atoms with E-state index in [1.54, 1.807) is 25.3 Å². The van der Waals surface area contributed by atoms with Gasteiger partial charge in [-0.1, -0.05) is 17.4 Å². The Kier molecular flexibility index (Phi) is 5.12. The summed E-state index contributed by atoms with van der Waals surface area (Å²) < 4.78 is 11.9. The summed E-state index contributed by atoms with van der Waals surface area (Å²) in [5.41, 5.74) is 2.20. The van der Waals surface area contributed by atoms with E-state index in [4.69, 9.17) is 9.47 Å². The van der Waals surface area contributed by atoms with Crippen LogP contribution in [0.2, 0.25) is 0 Å². The molecule has 0 saturated carbocycles. The van der Waals surface area contributed by atoms with Gasteiger partial charge < -0.3 is 14.6 Å². The largest absolute Gasteiger partial charge is 0.507 e. The summed E-state index contributed by atoms with van der Waals surface area (Å²) in [6, 6.07) is 13.7. The summed E-state index contributed by atoms with van der Waals surface area (Å²) in [5.74, 6) is -0.194. The first-order valence-corrected chi connectivity index (χ1v) is 12.7. The van der Waals surface area contributed by atoms with Crippen LogP contribution < -0.4 is 14.4 Å². The van der Waals surface area contributed by atoms with E-state index in [2.05, 4.69) is 4.98 Å². The molecule has 2 aliphatic rings. The SMILES string of the molecule is COc1ccc2nc(N3C(=O)C(=O)C(=C(O)c4ccc5c(c4)C[C@H](C)O5)[C@H]3c3cccs3)sc2c1. The summed E-state index contributed by atoms with van der Waals surface area (Å²) in [7, 11) is 1.59. The molecule has 0 aliphatic carbocycles. The van der Waals surface area contributed by atoms with Gasteiger partial charge in [0.2, 0.25) is 0 Å². The van der Waals surface area contributed by atoms with Crippen molar-refractivity contribution in [3.63, 3.8) is 0 Å². The molecule has 1 saturated heterocycles. The molecule has 4 heterocycles. The number of benzene rings is 2. The number of fused-ring (bicyclic) bond motifs is 2. The zero-order valence-electron chi connectivity index (χ0n) is 18.8. The number of anilines is 1. The molecule has 35 heavy (non-hydrogen) atoms. The van der Waals surface area contributed by atoms with Crippen molar-refractivity contribution in [1.29, 1.82) is 0 Å². The second-order valence-electron chi connectivity index (χ2n) is 8.47. The molecule has 1 fully saturated rings. The van der Waals surface area contributed by atoms with Crippen LogP contribution in [0.15, 0.2) is 59.5 Å². The number of Topliss-reactive ketones (excluding diaryl/α,β-unsaturated/α-hetero) is 1. The molecule has 9 heteroatoms. The Hall–Kier alpha value is -3.69. The van der Waals surface area contributed by atoms with Crippen LogP contribution in [0.4, 0.5) is 5.13 Å². The van der Waals surface area contributed by atoms with E-state index in [1.165, 1.54) is 27.6 Å². The predicted octanol–water partition coefficient (Wildman–Crippen LogP) is 5.32. The fourth-order valence-electron chi connectivity index (χ4n) is 4.59. The summed E-state index contributed by atoms with van der Waals surface area (Å²) in [6.07, 6.45) is 0.769. The molecule has 0 unspecified atom stereocenters. The number of amides is 1. The second kappa shape index (κ2) is 8.21. The fraction of sp³-hybridized carbons (Fsp3) is 0.192. The lowest BCUT2D eigenvalue weighted by molar-refractivity contribution is -0.132. The number of aliphatic hydroxyl groups is 1. The molecule has 6 rings (SSSR count). The average Bonchev–Trinajstić information content (AvgIpc) is 3.63. The Labute approximate surface area is 208 Å². The van der Waals surface area contributed by atoms with Gasteiger partial charge in [-0.05, 0) is 60.3 Å². The van der Waals surface area contributed by atoms with Crippen molar-refractivity contribution in [3.05, 3.63) is 75.5 Å². The van der Waals surface area contributed by atoms with Crippen LogP contribution in [0.25, 0.3) is 16.0 Å². The topological polar surface area (TPSA) is 89.0 Å². The van der Waals surface area contributed by atoms with Crippen molar-refractivity contribution >= 4 is 55.5 Å². The number of ether oxygens (including phenoxy) is 2. The number of aromatic nitrogens is 1. The van der Waals surface area contributed by atoms with Gasteiger partial charge in [-0.25, -0.2) is 4.98 Å². The number of hydrogen-bond acceptors (Lipinski definition) is 8. The molecule has 176 valence electrons. The summed E-state index contributed by atoms with van der Waals surface area (Å²) in [5, 5.41) is 13.6. The van der Waals surface area contributed by atoms with Gasteiger partial charge in [0.25, 0.3) is 5.78 Å². The van der Waals surface area contributed by atoms with Gasteiger partial charge in [0.1, 0.15) is 29.4 Å². The number of aliphatic hydroxyl groups excluding tert-OH is 1. The van der Waals surface area contributed by atoms with Crippen LogP contribution in [-0.2, 0) is 16.0 Å². The normalized spacial score (nSPS) is 20.9. The molecule has 2 atom stereocenters. The second-order valence-corrected chi connectivity index (χ2v) is 10.5. The lowest BCUT2D eigenvalue weighted by atomic mass is 9.98. The van der Waals surface area contributed by atoms with E-state index in [9.17, 15) is 14.7 Å². The van der Waals surface area contributed by atoms with Crippen molar-refractivity contribution in [1.82, 2.24) is 4.98 Å². The third kappa shape index (κ3) is 3.50. The number of thiazole rings is 1. The molecule has 1 amide bonds. The number of nitrogens with zero attached hydrogens (tertiary/aromatic N) is 2. The molecule has 2 aromatic carbocycles. The number of methoxy groups -OCH3 is 1. The first kappa shape index (κ1) is 21.8. The van der Waals surface area contributed by atoms with E-state index in [0.29, 0.717) is 28.4 Å². The van der Waals surface area contributed by atoms with E-state index in [1.807, 2.05) is 42.6 Å². The van der Waals surface area contributed by atoms with Crippen LogP contribution in [0.1, 0.15) is 29.0 Å². The first-order valence-electron chi connectivity index (χ1n) is 11.0. The number of thiophene rings is 1. The van der Waals surface area contributed by atoms with Crippen LogP contribution in [0.5, 0.6) is 11.5 Å². The van der Waals surface area contributed by atoms with Gasteiger partial charge in [-0.2, -0.15) is 0 Å². The minimum atomic E-state index is -0.777. The van der Waals surface area contributed by atoms with Crippen molar-refractivity contribution in [2.75, 3.05) is 12.0 Å².